The molecular formula is C23H24N2O6S2. The molecule has 8 nitrogen and oxygen atoms in total. The van der Waals surface area contributed by atoms with Gasteiger partial charge < -0.3 is 14.2 Å². The maximum Gasteiger partial charge on any atom is 0.326 e. The Bertz CT molecular complexity index is 1090. The van der Waals surface area contributed by atoms with E-state index in [1.165, 1.54) is 23.3 Å². The zero-order valence-electron chi connectivity index (χ0n) is 18.2. The van der Waals surface area contributed by atoms with Crippen LogP contribution in [-0.2, 0) is 19.1 Å². The van der Waals surface area contributed by atoms with Crippen LogP contribution >= 0.6 is 23.1 Å². The number of hydrogen-bond acceptors (Lipinski definition) is 9. The van der Waals surface area contributed by atoms with Crippen LogP contribution in [0.15, 0.2) is 35.7 Å². The molecule has 2 fully saturated rings. The number of rotatable bonds is 6. The molecule has 174 valence electrons. The van der Waals surface area contributed by atoms with E-state index in [0.29, 0.717) is 42.6 Å². The number of esters is 1. The number of thioether (sulfide) groups is 1. The number of amides is 2. The number of methoxy groups -OCH3 is 1. The van der Waals surface area contributed by atoms with Crippen molar-refractivity contribution in [3.8, 4) is 11.5 Å². The minimum absolute atomic E-state index is 0.331. The molecule has 1 aromatic heterocycles. The SMILES string of the molecule is COC(=O)[C@]1(CCSC)N[C@H](c2cccs2)[C@@H]2C(=O)N(c3ccc4c(c3)OCCO4)C(=O)[C@@H]21. The number of nitrogens with one attached hydrogen (secondary N) is 1. The van der Waals surface area contributed by atoms with Crippen molar-refractivity contribution in [3.05, 3.63) is 40.6 Å². The molecule has 0 saturated carbocycles. The van der Waals surface area contributed by atoms with Gasteiger partial charge in [0.1, 0.15) is 18.8 Å². The second-order valence-electron chi connectivity index (χ2n) is 8.19. The van der Waals surface area contributed by atoms with Gasteiger partial charge in [0, 0.05) is 10.9 Å². The Morgan fingerprint density at radius 2 is 2.03 bits per heavy atom. The summed E-state index contributed by atoms with van der Waals surface area (Å²) in [6, 6.07) is 8.40. The molecule has 1 aromatic carbocycles. The van der Waals surface area contributed by atoms with Crippen molar-refractivity contribution in [3.63, 3.8) is 0 Å². The third kappa shape index (κ3) is 3.43. The Balaban J connectivity index is 1.60. The number of hydrogen-bond donors (Lipinski definition) is 1. The van der Waals surface area contributed by atoms with Crippen molar-refractivity contribution < 1.29 is 28.6 Å². The van der Waals surface area contributed by atoms with Gasteiger partial charge in [-0.25, -0.2) is 4.90 Å². The summed E-state index contributed by atoms with van der Waals surface area (Å²) < 4.78 is 16.4. The normalized spacial score (nSPS) is 28.2. The number of imide groups is 1. The van der Waals surface area contributed by atoms with E-state index < -0.39 is 35.3 Å². The van der Waals surface area contributed by atoms with Crippen LogP contribution in [0.3, 0.4) is 0 Å². The lowest BCUT2D eigenvalue weighted by atomic mass is 9.78. The lowest BCUT2D eigenvalue weighted by molar-refractivity contribution is -0.152. The summed E-state index contributed by atoms with van der Waals surface area (Å²) in [5.74, 6) is -1.14. The predicted molar refractivity (Wildman–Crippen MR) is 125 cm³/mol. The molecule has 4 heterocycles. The summed E-state index contributed by atoms with van der Waals surface area (Å²) in [6.07, 6.45) is 2.31. The number of nitrogens with zero attached hydrogens (tertiary/aromatic N) is 1. The Labute approximate surface area is 199 Å². The summed E-state index contributed by atoms with van der Waals surface area (Å²) in [6.45, 7) is 0.845. The number of benzene rings is 1. The van der Waals surface area contributed by atoms with Crippen LogP contribution in [0.2, 0.25) is 0 Å². The summed E-state index contributed by atoms with van der Waals surface area (Å²) in [5.41, 5.74) is -0.871. The van der Waals surface area contributed by atoms with Crippen molar-refractivity contribution in [1.29, 1.82) is 0 Å². The fraction of sp³-hybridized carbons (Fsp3) is 0.435. The van der Waals surface area contributed by atoms with E-state index in [1.54, 1.807) is 30.0 Å². The Morgan fingerprint density at radius 1 is 1.24 bits per heavy atom. The lowest BCUT2D eigenvalue weighted by Crippen LogP contribution is -2.56. The maximum absolute atomic E-state index is 13.9. The second kappa shape index (κ2) is 8.66. The van der Waals surface area contributed by atoms with E-state index >= 15 is 0 Å². The largest absolute Gasteiger partial charge is 0.486 e. The minimum Gasteiger partial charge on any atom is -0.486 e. The Hall–Kier alpha value is -2.56. The molecule has 2 aromatic rings. The molecule has 5 rings (SSSR count). The number of anilines is 1. The van der Waals surface area contributed by atoms with Crippen molar-refractivity contribution in [2.24, 2.45) is 11.8 Å². The van der Waals surface area contributed by atoms with Gasteiger partial charge in [0.25, 0.3) is 0 Å². The number of thiophene rings is 1. The molecule has 0 bridgehead atoms. The standard InChI is InChI=1S/C23H24N2O6S2/c1-29-22(28)23(7-11-32-2)18-17(19(24-23)16-4-3-10-33-16)20(26)25(21(18)27)13-5-6-14-15(12-13)31-9-8-30-14/h3-6,10,12,17-19,24H,7-9,11H2,1-2H3/t17-,18-,19-,23-/m1/s1. The fourth-order valence-corrected chi connectivity index (χ4v) is 6.45. The van der Waals surface area contributed by atoms with Crippen LogP contribution in [0.25, 0.3) is 0 Å². The van der Waals surface area contributed by atoms with Crippen LogP contribution in [0.1, 0.15) is 17.3 Å². The van der Waals surface area contributed by atoms with Crippen LogP contribution < -0.4 is 19.7 Å². The third-order valence-electron chi connectivity index (χ3n) is 6.54. The number of fused-ring (bicyclic) bond motifs is 2. The molecule has 3 aliphatic heterocycles. The minimum atomic E-state index is -1.29. The quantitative estimate of drug-likeness (QED) is 0.490. The Morgan fingerprint density at radius 3 is 2.73 bits per heavy atom. The van der Waals surface area contributed by atoms with Gasteiger partial charge in [-0.05, 0) is 42.0 Å². The van der Waals surface area contributed by atoms with Gasteiger partial charge in [-0.3, -0.25) is 19.7 Å². The molecule has 0 unspecified atom stereocenters. The highest BCUT2D eigenvalue weighted by Crippen LogP contribution is 2.52. The van der Waals surface area contributed by atoms with Crippen LogP contribution in [-0.4, -0.2) is 55.7 Å². The van der Waals surface area contributed by atoms with Gasteiger partial charge in [-0.2, -0.15) is 11.8 Å². The topological polar surface area (TPSA) is 94.2 Å². The lowest BCUT2D eigenvalue weighted by Gasteiger charge is -2.32. The van der Waals surface area contributed by atoms with Gasteiger partial charge in [-0.15, -0.1) is 11.3 Å². The van der Waals surface area contributed by atoms with Gasteiger partial charge in [0.05, 0.1) is 30.7 Å². The first-order chi connectivity index (χ1) is 16.0. The summed E-state index contributed by atoms with van der Waals surface area (Å²) in [4.78, 5) is 42.9. The molecule has 2 saturated heterocycles. The third-order valence-corrected chi connectivity index (χ3v) is 8.11. The first-order valence-corrected chi connectivity index (χ1v) is 12.9. The molecule has 3 aliphatic rings. The zero-order chi connectivity index (χ0) is 23.2. The summed E-state index contributed by atoms with van der Waals surface area (Å²) in [5, 5.41) is 5.31. The van der Waals surface area contributed by atoms with Crippen molar-refractivity contribution >= 4 is 46.6 Å². The molecule has 0 aliphatic carbocycles. The predicted octanol–water partition coefficient (Wildman–Crippen LogP) is 2.63. The molecule has 10 heteroatoms. The van der Waals surface area contributed by atoms with Gasteiger partial charge in [0.2, 0.25) is 11.8 Å². The molecule has 2 amide bonds. The van der Waals surface area contributed by atoms with Crippen LogP contribution in [0.5, 0.6) is 11.5 Å². The van der Waals surface area contributed by atoms with E-state index in [-0.39, 0.29) is 5.91 Å². The monoisotopic (exact) mass is 488 g/mol. The highest BCUT2D eigenvalue weighted by Gasteiger charge is 2.68. The molecule has 33 heavy (non-hydrogen) atoms. The number of carbonyl (C=O) groups excluding carboxylic acids is 3. The highest BCUT2D eigenvalue weighted by atomic mass is 32.2. The average molecular weight is 489 g/mol. The molecule has 1 N–H and O–H groups in total. The smallest absolute Gasteiger partial charge is 0.326 e. The van der Waals surface area contributed by atoms with E-state index in [9.17, 15) is 14.4 Å². The first kappa shape index (κ1) is 22.2. The molecule has 4 atom stereocenters. The average Bonchev–Trinajstić information content (AvgIpc) is 3.54. The van der Waals surface area contributed by atoms with Gasteiger partial charge in [-0.1, -0.05) is 6.07 Å². The van der Waals surface area contributed by atoms with Crippen LogP contribution in [0.4, 0.5) is 5.69 Å². The van der Waals surface area contributed by atoms with E-state index in [2.05, 4.69) is 5.32 Å². The maximum atomic E-state index is 13.9. The zero-order valence-corrected chi connectivity index (χ0v) is 19.9. The van der Waals surface area contributed by atoms with Crippen molar-refractivity contribution in [1.82, 2.24) is 5.32 Å². The van der Waals surface area contributed by atoms with E-state index in [4.69, 9.17) is 14.2 Å². The van der Waals surface area contributed by atoms with Gasteiger partial charge >= 0.3 is 5.97 Å². The van der Waals surface area contributed by atoms with E-state index in [1.807, 2.05) is 23.8 Å². The summed E-state index contributed by atoms with van der Waals surface area (Å²) in [7, 11) is 1.32. The Kier molecular flexibility index (Phi) is 5.84. The van der Waals surface area contributed by atoms with Crippen molar-refractivity contribution in [2.45, 2.75) is 18.0 Å². The molecular weight excluding hydrogens is 464 g/mol. The number of carbonyl (C=O) groups is 3. The summed E-state index contributed by atoms with van der Waals surface area (Å²) >= 11 is 3.07. The fourth-order valence-electron chi connectivity index (χ4n) is 5.11. The highest BCUT2D eigenvalue weighted by molar-refractivity contribution is 7.98. The molecule has 0 spiro atoms. The van der Waals surface area contributed by atoms with Crippen molar-refractivity contribution in [2.75, 3.05) is 37.2 Å². The second-order valence-corrected chi connectivity index (χ2v) is 10.2. The number of ether oxygens (including phenoxy) is 3. The van der Waals surface area contributed by atoms with Crippen LogP contribution in [0, 0.1) is 11.8 Å². The van der Waals surface area contributed by atoms with E-state index in [0.717, 1.165) is 4.88 Å². The first-order valence-electron chi connectivity index (χ1n) is 10.7. The van der Waals surface area contributed by atoms with Gasteiger partial charge in [0.15, 0.2) is 11.5 Å². The molecule has 0 radical (unpaired) electrons.